The van der Waals surface area contributed by atoms with Crippen LogP contribution in [0.1, 0.15) is 40.6 Å². The van der Waals surface area contributed by atoms with E-state index in [0.29, 0.717) is 17.0 Å². The molecule has 2 amide bonds. The van der Waals surface area contributed by atoms with Crippen molar-refractivity contribution in [3.05, 3.63) is 83.8 Å². The molecule has 0 bridgehead atoms. The number of rotatable bonds is 8. The number of carbonyl (C=O) groups is 2. The lowest BCUT2D eigenvalue weighted by molar-refractivity contribution is -0.119. The molecule has 1 fully saturated rings. The number of amides is 2. The Hall–Kier alpha value is -3.58. The topological polar surface area (TPSA) is 75.0 Å². The fourth-order valence-electron chi connectivity index (χ4n) is 4.27. The predicted molar refractivity (Wildman–Crippen MR) is 126 cm³/mol. The van der Waals surface area contributed by atoms with E-state index in [1.807, 2.05) is 18.2 Å². The monoisotopic (exact) mass is 447 g/mol. The summed E-state index contributed by atoms with van der Waals surface area (Å²) in [5.41, 5.74) is 2.22. The van der Waals surface area contributed by atoms with Gasteiger partial charge in [-0.1, -0.05) is 24.3 Å². The van der Waals surface area contributed by atoms with Gasteiger partial charge in [0.25, 0.3) is 5.91 Å². The molecular formula is C26H29N3O4. The van der Waals surface area contributed by atoms with E-state index in [1.165, 1.54) is 5.56 Å². The van der Waals surface area contributed by atoms with Crippen molar-refractivity contribution in [2.75, 3.05) is 32.1 Å². The van der Waals surface area contributed by atoms with Gasteiger partial charge in [-0.3, -0.25) is 14.5 Å². The Kier molecular flexibility index (Phi) is 7.10. The van der Waals surface area contributed by atoms with E-state index in [2.05, 4.69) is 22.3 Å². The number of hydrogen-bond acceptors (Lipinski definition) is 5. The SMILES string of the molecule is COc1ccc([C@H]2CCCN2CC(=O)N(C)c2ccccc2C(=O)NCc2ccco2)cc1. The summed E-state index contributed by atoms with van der Waals surface area (Å²) in [4.78, 5) is 29.8. The Morgan fingerprint density at radius 2 is 1.91 bits per heavy atom. The predicted octanol–water partition coefficient (Wildman–Crippen LogP) is 4.02. The molecule has 7 heteroatoms. The number of nitrogens with one attached hydrogen (secondary N) is 1. The van der Waals surface area contributed by atoms with Crippen molar-refractivity contribution in [2.45, 2.75) is 25.4 Å². The number of likely N-dealkylation sites (N-methyl/N-ethyl adjacent to an activating group) is 1. The minimum absolute atomic E-state index is 0.0540. The zero-order valence-electron chi connectivity index (χ0n) is 19.0. The maximum Gasteiger partial charge on any atom is 0.253 e. The van der Waals surface area contributed by atoms with Crippen LogP contribution in [0.4, 0.5) is 5.69 Å². The standard InChI is InChI=1S/C26H29N3O4/c1-28(24-9-4-3-8-22(24)26(31)27-17-21-7-6-16-33-21)25(30)18-29-15-5-10-23(29)19-11-13-20(32-2)14-12-19/h3-4,6-9,11-14,16,23H,5,10,15,17-18H2,1-2H3,(H,27,31)/t23-/m1/s1. The van der Waals surface area contributed by atoms with Crippen molar-refractivity contribution in [2.24, 2.45) is 0 Å². The summed E-state index contributed by atoms with van der Waals surface area (Å²) in [5, 5.41) is 2.86. The quantitative estimate of drug-likeness (QED) is 0.565. The highest BCUT2D eigenvalue weighted by Gasteiger charge is 2.29. The molecule has 1 atom stereocenters. The Morgan fingerprint density at radius 1 is 1.12 bits per heavy atom. The van der Waals surface area contributed by atoms with Crippen molar-refractivity contribution in [3.63, 3.8) is 0 Å². The molecule has 4 rings (SSSR count). The second kappa shape index (κ2) is 10.4. The van der Waals surface area contributed by atoms with Gasteiger partial charge in [0.05, 0.1) is 37.7 Å². The van der Waals surface area contributed by atoms with Gasteiger partial charge in [-0.2, -0.15) is 0 Å². The van der Waals surface area contributed by atoms with Crippen LogP contribution in [0.2, 0.25) is 0 Å². The fourth-order valence-corrected chi connectivity index (χ4v) is 4.27. The first-order chi connectivity index (χ1) is 16.1. The Bertz CT molecular complexity index is 1080. The zero-order valence-corrected chi connectivity index (χ0v) is 19.0. The molecule has 7 nitrogen and oxygen atoms in total. The lowest BCUT2D eigenvalue weighted by atomic mass is 10.0. The fraction of sp³-hybridized carbons (Fsp3) is 0.308. The van der Waals surface area contributed by atoms with Gasteiger partial charge in [0, 0.05) is 13.1 Å². The Balaban J connectivity index is 1.43. The van der Waals surface area contributed by atoms with Gasteiger partial charge in [0.15, 0.2) is 0 Å². The first-order valence-electron chi connectivity index (χ1n) is 11.1. The second-order valence-corrected chi connectivity index (χ2v) is 8.13. The molecule has 2 aromatic carbocycles. The summed E-state index contributed by atoms with van der Waals surface area (Å²) in [6, 6.07) is 19.0. The number of likely N-dealkylation sites (tertiary alicyclic amines) is 1. The molecule has 0 radical (unpaired) electrons. The molecule has 0 unspecified atom stereocenters. The zero-order chi connectivity index (χ0) is 23.2. The maximum atomic E-state index is 13.2. The highest BCUT2D eigenvalue weighted by Crippen LogP contribution is 2.33. The number of anilines is 1. The van der Waals surface area contributed by atoms with Gasteiger partial charge in [0.1, 0.15) is 11.5 Å². The van der Waals surface area contributed by atoms with Crippen molar-refractivity contribution in [1.82, 2.24) is 10.2 Å². The van der Waals surface area contributed by atoms with Crippen LogP contribution >= 0.6 is 0 Å². The summed E-state index contributed by atoms with van der Waals surface area (Å²) >= 11 is 0. The highest BCUT2D eigenvalue weighted by atomic mass is 16.5. The lowest BCUT2D eigenvalue weighted by Gasteiger charge is -2.27. The minimum Gasteiger partial charge on any atom is -0.497 e. The normalized spacial score (nSPS) is 15.9. The van der Waals surface area contributed by atoms with Crippen LogP contribution in [0, 0.1) is 0 Å². The summed E-state index contributed by atoms with van der Waals surface area (Å²) in [6.07, 6.45) is 3.62. The van der Waals surface area contributed by atoms with Gasteiger partial charge >= 0.3 is 0 Å². The molecule has 172 valence electrons. The molecule has 0 aliphatic carbocycles. The van der Waals surface area contributed by atoms with E-state index in [0.717, 1.165) is 25.1 Å². The van der Waals surface area contributed by atoms with Crippen LogP contribution in [0.3, 0.4) is 0 Å². The summed E-state index contributed by atoms with van der Waals surface area (Å²) in [6.45, 7) is 1.44. The molecule has 1 N–H and O–H groups in total. The number of carbonyl (C=O) groups excluding carboxylic acids is 2. The lowest BCUT2D eigenvalue weighted by Crippen LogP contribution is -2.39. The molecule has 1 aromatic heterocycles. The van der Waals surface area contributed by atoms with Crippen molar-refractivity contribution < 1.29 is 18.7 Å². The van der Waals surface area contributed by atoms with Crippen LogP contribution in [0.5, 0.6) is 5.75 Å². The number of nitrogens with zero attached hydrogens (tertiary/aromatic N) is 2. The number of para-hydroxylation sites is 1. The van der Waals surface area contributed by atoms with Crippen molar-refractivity contribution in [1.29, 1.82) is 0 Å². The second-order valence-electron chi connectivity index (χ2n) is 8.13. The molecule has 1 saturated heterocycles. The van der Waals surface area contributed by atoms with Crippen molar-refractivity contribution in [3.8, 4) is 5.75 Å². The Morgan fingerprint density at radius 3 is 2.64 bits per heavy atom. The third-order valence-electron chi connectivity index (χ3n) is 6.09. The molecule has 0 spiro atoms. The number of benzene rings is 2. The third kappa shape index (κ3) is 5.26. The maximum absolute atomic E-state index is 13.2. The van der Waals surface area contributed by atoms with E-state index < -0.39 is 0 Å². The van der Waals surface area contributed by atoms with Crippen molar-refractivity contribution >= 4 is 17.5 Å². The Labute approximate surface area is 193 Å². The first kappa shape index (κ1) is 22.6. The van der Waals surface area contributed by atoms with E-state index in [1.54, 1.807) is 55.7 Å². The summed E-state index contributed by atoms with van der Waals surface area (Å²) in [5.74, 6) is 1.19. The molecule has 2 heterocycles. The first-order valence-corrected chi connectivity index (χ1v) is 11.1. The number of hydrogen-bond donors (Lipinski definition) is 1. The average Bonchev–Trinajstić information content (AvgIpc) is 3.54. The molecule has 0 saturated carbocycles. The van der Waals surface area contributed by atoms with Crippen LogP contribution in [-0.2, 0) is 11.3 Å². The molecule has 3 aromatic rings. The smallest absolute Gasteiger partial charge is 0.253 e. The number of furan rings is 1. The number of methoxy groups -OCH3 is 1. The van der Waals surface area contributed by atoms with Gasteiger partial charge in [-0.15, -0.1) is 0 Å². The van der Waals surface area contributed by atoms with Gasteiger partial charge in [-0.05, 0) is 61.3 Å². The van der Waals surface area contributed by atoms with Crippen LogP contribution in [0.15, 0.2) is 71.3 Å². The van der Waals surface area contributed by atoms with Crippen LogP contribution in [-0.4, -0.2) is 44.0 Å². The molecule has 1 aliphatic rings. The largest absolute Gasteiger partial charge is 0.497 e. The number of ether oxygens (including phenoxy) is 1. The van der Waals surface area contributed by atoms with Gasteiger partial charge in [-0.25, -0.2) is 0 Å². The van der Waals surface area contributed by atoms with E-state index in [4.69, 9.17) is 9.15 Å². The van der Waals surface area contributed by atoms with E-state index >= 15 is 0 Å². The summed E-state index contributed by atoms with van der Waals surface area (Å²) in [7, 11) is 3.37. The highest BCUT2D eigenvalue weighted by molar-refractivity contribution is 6.05. The molecule has 33 heavy (non-hydrogen) atoms. The average molecular weight is 448 g/mol. The summed E-state index contributed by atoms with van der Waals surface area (Å²) < 4.78 is 10.5. The van der Waals surface area contributed by atoms with Gasteiger partial charge in [0.2, 0.25) is 5.91 Å². The van der Waals surface area contributed by atoms with Crippen LogP contribution in [0.25, 0.3) is 0 Å². The molecular weight excluding hydrogens is 418 g/mol. The molecule has 1 aliphatic heterocycles. The van der Waals surface area contributed by atoms with Crippen LogP contribution < -0.4 is 15.0 Å². The third-order valence-corrected chi connectivity index (χ3v) is 6.09. The van der Waals surface area contributed by atoms with Gasteiger partial charge < -0.3 is 19.4 Å². The van der Waals surface area contributed by atoms with E-state index in [9.17, 15) is 9.59 Å². The minimum atomic E-state index is -0.251. The van der Waals surface area contributed by atoms with E-state index in [-0.39, 0.29) is 30.9 Å².